The molecule has 4 nitrogen and oxygen atoms in total. The van der Waals surface area contributed by atoms with Crippen LogP contribution in [0.15, 0.2) is 24.3 Å². The molecule has 0 aromatic rings. The van der Waals surface area contributed by atoms with Gasteiger partial charge < -0.3 is 10.2 Å². The third kappa shape index (κ3) is 22.4. The van der Waals surface area contributed by atoms with Gasteiger partial charge in [0.05, 0.1) is 6.42 Å². The van der Waals surface area contributed by atoms with E-state index in [1.807, 2.05) is 6.92 Å². The van der Waals surface area contributed by atoms with Crippen molar-refractivity contribution in [2.24, 2.45) is 0 Å². The molecule has 0 spiro atoms. The lowest BCUT2D eigenvalue weighted by molar-refractivity contribution is -0.136. The molecule has 0 amide bonds. The molecule has 0 aromatic heterocycles. The quantitative estimate of drug-likeness (QED) is 0.538. The second kappa shape index (κ2) is 11.4. The zero-order valence-corrected chi connectivity index (χ0v) is 8.43. The third-order valence-electron chi connectivity index (χ3n) is 1.02. The van der Waals surface area contributed by atoms with Gasteiger partial charge in [-0.25, -0.2) is 4.79 Å². The SMILES string of the molecule is C/C=C/CC(=O)O.CC/C=C/C(=O)O. The minimum atomic E-state index is -0.873. The van der Waals surface area contributed by atoms with E-state index in [0.29, 0.717) is 0 Å². The van der Waals surface area contributed by atoms with Gasteiger partial charge in [0.25, 0.3) is 0 Å². The number of carbonyl (C=O) groups is 2. The van der Waals surface area contributed by atoms with Crippen molar-refractivity contribution in [3.05, 3.63) is 24.3 Å². The molecule has 4 heteroatoms. The molecule has 0 bridgehead atoms. The van der Waals surface area contributed by atoms with Crippen molar-refractivity contribution in [1.82, 2.24) is 0 Å². The van der Waals surface area contributed by atoms with E-state index in [2.05, 4.69) is 0 Å². The number of hydrogen-bond donors (Lipinski definition) is 2. The Balaban J connectivity index is 0. The normalized spacial score (nSPS) is 9.86. The molecule has 0 atom stereocenters. The molecule has 0 aliphatic carbocycles. The number of carboxylic acids is 2. The van der Waals surface area contributed by atoms with E-state index in [4.69, 9.17) is 10.2 Å². The van der Waals surface area contributed by atoms with Gasteiger partial charge >= 0.3 is 11.9 Å². The van der Waals surface area contributed by atoms with Gasteiger partial charge in [0.1, 0.15) is 0 Å². The largest absolute Gasteiger partial charge is 0.481 e. The van der Waals surface area contributed by atoms with Crippen molar-refractivity contribution >= 4 is 11.9 Å². The maximum absolute atomic E-state index is 9.71. The van der Waals surface area contributed by atoms with Gasteiger partial charge in [-0.2, -0.15) is 0 Å². The molecular weight excluding hydrogens is 184 g/mol. The Hall–Kier alpha value is -1.58. The number of allylic oxidation sites excluding steroid dienone is 2. The molecular formula is C10H16O4. The molecule has 0 rings (SSSR count). The van der Waals surface area contributed by atoms with E-state index in [1.54, 1.807) is 25.2 Å². The van der Waals surface area contributed by atoms with Crippen molar-refractivity contribution in [2.45, 2.75) is 26.7 Å². The van der Waals surface area contributed by atoms with Gasteiger partial charge in [0.2, 0.25) is 0 Å². The third-order valence-corrected chi connectivity index (χ3v) is 1.02. The van der Waals surface area contributed by atoms with Crippen molar-refractivity contribution in [3.63, 3.8) is 0 Å². The summed E-state index contributed by atoms with van der Waals surface area (Å²) in [6.45, 7) is 3.68. The molecule has 0 fully saturated rings. The summed E-state index contributed by atoms with van der Waals surface area (Å²) in [5, 5.41) is 16.0. The van der Waals surface area contributed by atoms with Crippen LogP contribution in [0, 0.1) is 0 Å². The number of aliphatic carboxylic acids is 2. The van der Waals surface area contributed by atoms with E-state index in [0.717, 1.165) is 12.5 Å². The molecule has 0 aromatic carbocycles. The predicted octanol–water partition coefficient (Wildman–Crippen LogP) is 2.07. The van der Waals surface area contributed by atoms with Gasteiger partial charge in [0.15, 0.2) is 0 Å². The maximum Gasteiger partial charge on any atom is 0.327 e. The minimum Gasteiger partial charge on any atom is -0.481 e. The Kier molecular flexibility index (Phi) is 12.2. The van der Waals surface area contributed by atoms with Crippen LogP contribution >= 0.6 is 0 Å². The van der Waals surface area contributed by atoms with Crippen LogP contribution < -0.4 is 0 Å². The van der Waals surface area contributed by atoms with E-state index in [9.17, 15) is 9.59 Å². The Bertz CT molecular complexity index is 216. The number of hydrogen-bond acceptors (Lipinski definition) is 2. The number of carboxylic acid groups (broad SMARTS) is 2. The zero-order chi connectivity index (χ0) is 11.4. The lowest BCUT2D eigenvalue weighted by atomic mass is 10.4. The van der Waals surface area contributed by atoms with Crippen molar-refractivity contribution in [3.8, 4) is 0 Å². The summed E-state index contributed by atoms with van der Waals surface area (Å²) < 4.78 is 0. The molecule has 0 unspecified atom stereocenters. The van der Waals surface area contributed by atoms with E-state index < -0.39 is 11.9 Å². The molecule has 0 aliphatic heterocycles. The average molecular weight is 200 g/mol. The van der Waals surface area contributed by atoms with Gasteiger partial charge in [-0.15, -0.1) is 0 Å². The summed E-state index contributed by atoms with van der Waals surface area (Å²) in [4.78, 5) is 19.4. The van der Waals surface area contributed by atoms with Gasteiger partial charge in [-0.3, -0.25) is 4.79 Å². The summed E-state index contributed by atoms with van der Waals surface area (Å²) in [5.74, 6) is -1.65. The highest BCUT2D eigenvalue weighted by Gasteiger charge is 1.85. The van der Waals surface area contributed by atoms with Crippen LogP contribution in [0.3, 0.4) is 0 Å². The second-order valence-electron chi connectivity index (χ2n) is 2.32. The molecule has 14 heavy (non-hydrogen) atoms. The Morgan fingerprint density at radius 3 is 1.93 bits per heavy atom. The molecule has 0 heterocycles. The van der Waals surface area contributed by atoms with E-state index in [1.165, 1.54) is 0 Å². The molecule has 0 radical (unpaired) electrons. The van der Waals surface area contributed by atoms with Crippen LogP contribution in [-0.4, -0.2) is 22.2 Å². The number of rotatable bonds is 4. The van der Waals surface area contributed by atoms with E-state index in [-0.39, 0.29) is 6.42 Å². The highest BCUT2D eigenvalue weighted by atomic mass is 16.4. The average Bonchev–Trinajstić information content (AvgIpc) is 2.12. The molecule has 2 N–H and O–H groups in total. The standard InChI is InChI=1S/2C5H8O2/c2*1-2-3-4-5(6)7/h3-4H,2H2,1H3,(H,6,7);2-3H,4H2,1H3,(H,6,7)/b4-3+;3-2+. The fourth-order valence-electron chi connectivity index (χ4n) is 0.437. The van der Waals surface area contributed by atoms with Gasteiger partial charge in [-0.05, 0) is 13.3 Å². The highest BCUT2D eigenvalue weighted by Crippen LogP contribution is 1.79. The van der Waals surface area contributed by atoms with Crippen molar-refractivity contribution < 1.29 is 19.8 Å². The first-order chi connectivity index (χ1) is 6.54. The monoisotopic (exact) mass is 200 g/mol. The first-order valence-corrected chi connectivity index (χ1v) is 4.27. The van der Waals surface area contributed by atoms with Crippen molar-refractivity contribution in [2.75, 3.05) is 0 Å². The predicted molar refractivity (Wildman–Crippen MR) is 54.1 cm³/mol. The highest BCUT2D eigenvalue weighted by molar-refractivity contribution is 5.79. The Morgan fingerprint density at radius 2 is 1.79 bits per heavy atom. The Morgan fingerprint density at radius 1 is 1.21 bits per heavy atom. The second-order valence-corrected chi connectivity index (χ2v) is 2.32. The first kappa shape index (κ1) is 14.9. The van der Waals surface area contributed by atoms with Crippen LogP contribution in [0.2, 0.25) is 0 Å². The summed E-state index contributed by atoms with van der Waals surface area (Å²) in [6.07, 6.45) is 6.97. The van der Waals surface area contributed by atoms with Crippen LogP contribution in [0.4, 0.5) is 0 Å². The molecule has 80 valence electrons. The zero-order valence-electron chi connectivity index (χ0n) is 8.43. The molecule has 0 saturated carbocycles. The maximum atomic E-state index is 9.71. The van der Waals surface area contributed by atoms with Crippen molar-refractivity contribution in [1.29, 1.82) is 0 Å². The van der Waals surface area contributed by atoms with E-state index >= 15 is 0 Å². The summed E-state index contributed by atoms with van der Waals surface area (Å²) >= 11 is 0. The van der Waals surface area contributed by atoms with Crippen LogP contribution in [0.5, 0.6) is 0 Å². The first-order valence-electron chi connectivity index (χ1n) is 4.27. The summed E-state index contributed by atoms with van der Waals surface area (Å²) in [7, 11) is 0. The van der Waals surface area contributed by atoms with Gasteiger partial charge in [0, 0.05) is 6.08 Å². The molecule has 0 aliphatic rings. The summed E-state index contributed by atoms with van der Waals surface area (Å²) in [6, 6.07) is 0. The topological polar surface area (TPSA) is 74.6 Å². The lowest BCUT2D eigenvalue weighted by Gasteiger charge is -1.77. The minimum absolute atomic E-state index is 0.135. The smallest absolute Gasteiger partial charge is 0.327 e. The lowest BCUT2D eigenvalue weighted by Crippen LogP contribution is -1.88. The fraction of sp³-hybridized carbons (Fsp3) is 0.400. The summed E-state index contributed by atoms with van der Waals surface area (Å²) in [5.41, 5.74) is 0. The van der Waals surface area contributed by atoms with Gasteiger partial charge in [-0.1, -0.05) is 25.2 Å². The van der Waals surface area contributed by atoms with Crippen LogP contribution in [0.1, 0.15) is 26.7 Å². The Labute approximate surface area is 83.6 Å². The van der Waals surface area contributed by atoms with Crippen LogP contribution in [0.25, 0.3) is 0 Å². The van der Waals surface area contributed by atoms with Crippen LogP contribution in [-0.2, 0) is 9.59 Å². The molecule has 0 saturated heterocycles. The fourth-order valence-corrected chi connectivity index (χ4v) is 0.437.